The van der Waals surface area contributed by atoms with E-state index in [1.807, 2.05) is 25.1 Å². The van der Waals surface area contributed by atoms with Gasteiger partial charge in [-0.15, -0.1) is 0 Å². The number of hydrogen-bond donors (Lipinski definition) is 2. The molecule has 7 nitrogen and oxygen atoms in total. The minimum atomic E-state index is -0.235. The molecule has 1 atom stereocenters. The topological polar surface area (TPSA) is 81.1 Å². The molecule has 0 radical (unpaired) electrons. The van der Waals surface area contributed by atoms with Crippen LogP contribution in [0.25, 0.3) is 0 Å². The number of amides is 2. The van der Waals surface area contributed by atoms with Crippen molar-refractivity contribution in [3.05, 3.63) is 42.0 Å². The first-order valence-corrected chi connectivity index (χ1v) is 6.80. The molecular formula is C14H17N5O2. The Balaban J connectivity index is 1.54. The van der Waals surface area contributed by atoms with Crippen LogP contribution in [0.2, 0.25) is 0 Å². The average molecular weight is 287 g/mol. The third-order valence-electron chi connectivity index (χ3n) is 3.28. The van der Waals surface area contributed by atoms with Crippen LogP contribution in [0, 0.1) is 0 Å². The maximum atomic E-state index is 12.0. The highest BCUT2D eigenvalue weighted by molar-refractivity contribution is 5.89. The van der Waals surface area contributed by atoms with Gasteiger partial charge in [-0.25, -0.2) is 9.78 Å². The van der Waals surface area contributed by atoms with Crippen LogP contribution in [-0.2, 0) is 24.5 Å². The van der Waals surface area contributed by atoms with Crippen molar-refractivity contribution in [3.63, 3.8) is 0 Å². The predicted molar refractivity (Wildman–Crippen MR) is 76.6 cm³/mol. The van der Waals surface area contributed by atoms with E-state index >= 15 is 0 Å². The van der Waals surface area contributed by atoms with Crippen LogP contribution in [0.5, 0.6) is 0 Å². The summed E-state index contributed by atoms with van der Waals surface area (Å²) in [6.45, 7) is 3.75. The summed E-state index contributed by atoms with van der Waals surface area (Å²) in [4.78, 5) is 15.8. The van der Waals surface area contributed by atoms with Gasteiger partial charge < -0.3 is 15.4 Å². The SMILES string of the molecule is C[C@H](Cn1cncn1)NC(=O)Nc1ccc2c(c1)COC2. The number of nitrogens with one attached hydrogen (secondary N) is 2. The number of carbonyl (C=O) groups is 1. The predicted octanol–water partition coefficient (Wildman–Crippen LogP) is 1.52. The normalized spacial score (nSPS) is 14.5. The van der Waals surface area contributed by atoms with Crippen molar-refractivity contribution in [3.8, 4) is 0 Å². The van der Waals surface area contributed by atoms with Crippen LogP contribution in [0.3, 0.4) is 0 Å². The highest BCUT2D eigenvalue weighted by Gasteiger charge is 2.13. The van der Waals surface area contributed by atoms with Crippen molar-refractivity contribution in [2.45, 2.75) is 32.7 Å². The zero-order valence-electron chi connectivity index (χ0n) is 11.7. The molecule has 1 aliphatic rings. The molecule has 2 aromatic rings. The molecule has 1 aromatic heterocycles. The van der Waals surface area contributed by atoms with Crippen molar-refractivity contribution in [2.75, 3.05) is 5.32 Å². The Kier molecular flexibility index (Phi) is 3.83. The molecular weight excluding hydrogens is 270 g/mol. The number of anilines is 1. The van der Waals surface area contributed by atoms with Crippen LogP contribution in [0.15, 0.2) is 30.9 Å². The fraction of sp³-hybridized carbons (Fsp3) is 0.357. The average Bonchev–Trinajstić information content (AvgIpc) is 3.08. The van der Waals surface area contributed by atoms with Gasteiger partial charge in [-0.3, -0.25) is 4.68 Å². The van der Waals surface area contributed by atoms with Crippen molar-refractivity contribution in [2.24, 2.45) is 0 Å². The van der Waals surface area contributed by atoms with E-state index in [1.54, 1.807) is 11.0 Å². The molecule has 0 saturated carbocycles. The number of benzene rings is 1. The maximum Gasteiger partial charge on any atom is 0.319 e. The molecule has 7 heteroatoms. The standard InChI is InChI=1S/C14H17N5O2/c1-10(5-19-9-15-8-16-19)17-14(20)18-13-3-2-11-6-21-7-12(11)4-13/h2-4,8-10H,5-7H2,1H3,(H2,17,18,20)/t10-/m1/s1. The van der Waals surface area contributed by atoms with Gasteiger partial charge in [-0.05, 0) is 30.2 Å². The lowest BCUT2D eigenvalue weighted by molar-refractivity contribution is 0.134. The van der Waals surface area contributed by atoms with Crippen LogP contribution in [0.4, 0.5) is 10.5 Å². The zero-order valence-corrected chi connectivity index (χ0v) is 11.7. The molecule has 2 heterocycles. The lowest BCUT2D eigenvalue weighted by atomic mass is 10.1. The maximum absolute atomic E-state index is 12.0. The molecule has 0 bridgehead atoms. The van der Waals surface area contributed by atoms with E-state index in [4.69, 9.17) is 4.74 Å². The van der Waals surface area contributed by atoms with E-state index in [0.717, 1.165) is 11.3 Å². The third-order valence-corrected chi connectivity index (χ3v) is 3.28. The molecule has 0 spiro atoms. The highest BCUT2D eigenvalue weighted by Crippen LogP contribution is 2.23. The summed E-state index contributed by atoms with van der Waals surface area (Å²) in [7, 11) is 0. The number of hydrogen-bond acceptors (Lipinski definition) is 4. The summed E-state index contributed by atoms with van der Waals surface area (Å²) in [6, 6.07) is 5.53. The van der Waals surface area contributed by atoms with E-state index in [9.17, 15) is 4.79 Å². The van der Waals surface area contributed by atoms with Gasteiger partial charge in [0.25, 0.3) is 0 Å². The number of carbonyl (C=O) groups excluding carboxylic acids is 1. The molecule has 3 rings (SSSR count). The number of urea groups is 1. The minimum absolute atomic E-state index is 0.0514. The van der Waals surface area contributed by atoms with Crippen LogP contribution in [0.1, 0.15) is 18.1 Å². The Morgan fingerprint density at radius 2 is 2.29 bits per heavy atom. The smallest absolute Gasteiger partial charge is 0.319 e. The monoisotopic (exact) mass is 287 g/mol. The van der Waals surface area contributed by atoms with E-state index in [-0.39, 0.29) is 12.1 Å². The summed E-state index contributed by atoms with van der Waals surface area (Å²) in [6.07, 6.45) is 3.09. The molecule has 2 N–H and O–H groups in total. The van der Waals surface area contributed by atoms with Crippen LogP contribution in [-0.4, -0.2) is 26.8 Å². The first kappa shape index (κ1) is 13.6. The van der Waals surface area contributed by atoms with Crippen molar-refractivity contribution in [1.82, 2.24) is 20.1 Å². The zero-order chi connectivity index (χ0) is 14.7. The van der Waals surface area contributed by atoms with Gasteiger partial charge in [-0.1, -0.05) is 6.07 Å². The molecule has 0 unspecified atom stereocenters. The van der Waals surface area contributed by atoms with Gasteiger partial charge in [-0.2, -0.15) is 5.10 Å². The fourth-order valence-electron chi connectivity index (χ4n) is 2.29. The second-order valence-corrected chi connectivity index (χ2v) is 5.09. The molecule has 21 heavy (non-hydrogen) atoms. The van der Waals surface area contributed by atoms with Gasteiger partial charge >= 0.3 is 6.03 Å². The highest BCUT2D eigenvalue weighted by atomic mass is 16.5. The number of rotatable bonds is 4. The number of fused-ring (bicyclic) bond motifs is 1. The van der Waals surface area contributed by atoms with Gasteiger partial charge in [0, 0.05) is 11.7 Å². The van der Waals surface area contributed by atoms with E-state index < -0.39 is 0 Å². The summed E-state index contributed by atoms with van der Waals surface area (Å²) >= 11 is 0. The second-order valence-electron chi connectivity index (χ2n) is 5.09. The summed E-state index contributed by atoms with van der Waals surface area (Å²) in [5, 5.41) is 9.70. The number of nitrogens with zero attached hydrogens (tertiary/aromatic N) is 3. The molecule has 1 aromatic carbocycles. The number of aromatic nitrogens is 3. The largest absolute Gasteiger partial charge is 0.372 e. The Morgan fingerprint density at radius 1 is 1.43 bits per heavy atom. The minimum Gasteiger partial charge on any atom is -0.372 e. The second kappa shape index (κ2) is 5.92. The Hall–Kier alpha value is -2.41. The lowest BCUT2D eigenvalue weighted by Crippen LogP contribution is -2.38. The Bertz CT molecular complexity index is 626. The van der Waals surface area contributed by atoms with Gasteiger partial charge in [0.15, 0.2) is 0 Å². The summed E-state index contributed by atoms with van der Waals surface area (Å²) in [5.74, 6) is 0. The first-order valence-electron chi connectivity index (χ1n) is 6.80. The quantitative estimate of drug-likeness (QED) is 0.893. The van der Waals surface area contributed by atoms with Crippen LogP contribution >= 0.6 is 0 Å². The number of ether oxygens (including phenoxy) is 1. The molecule has 2 amide bonds. The molecule has 110 valence electrons. The Morgan fingerprint density at radius 3 is 3.10 bits per heavy atom. The molecule has 0 saturated heterocycles. The van der Waals surface area contributed by atoms with Gasteiger partial charge in [0.2, 0.25) is 0 Å². The van der Waals surface area contributed by atoms with Crippen LogP contribution < -0.4 is 10.6 Å². The molecule has 0 fully saturated rings. The lowest BCUT2D eigenvalue weighted by Gasteiger charge is -2.14. The van der Waals surface area contributed by atoms with E-state index in [1.165, 1.54) is 11.9 Å². The van der Waals surface area contributed by atoms with E-state index in [2.05, 4.69) is 20.7 Å². The molecule has 0 aliphatic carbocycles. The van der Waals surface area contributed by atoms with Gasteiger partial charge in [0.05, 0.1) is 19.8 Å². The summed E-state index contributed by atoms with van der Waals surface area (Å²) < 4.78 is 7.03. The van der Waals surface area contributed by atoms with Crippen molar-refractivity contribution in [1.29, 1.82) is 0 Å². The first-order chi connectivity index (χ1) is 10.2. The van der Waals surface area contributed by atoms with Crippen molar-refractivity contribution >= 4 is 11.7 Å². The fourth-order valence-corrected chi connectivity index (χ4v) is 2.29. The van der Waals surface area contributed by atoms with Gasteiger partial charge in [0.1, 0.15) is 12.7 Å². The van der Waals surface area contributed by atoms with Crippen molar-refractivity contribution < 1.29 is 9.53 Å². The Labute approximate surface area is 122 Å². The molecule has 1 aliphatic heterocycles. The summed E-state index contributed by atoms with van der Waals surface area (Å²) in [5.41, 5.74) is 3.08. The third kappa shape index (κ3) is 3.38. The van der Waals surface area contributed by atoms with E-state index in [0.29, 0.717) is 19.8 Å².